The number of para-hydroxylation sites is 1. The first kappa shape index (κ1) is 20.0. The molecule has 1 saturated heterocycles. The molecule has 3 aromatic rings. The number of aromatic nitrogens is 3. The van der Waals surface area contributed by atoms with Gasteiger partial charge in [0, 0.05) is 37.2 Å². The van der Waals surface area contributed by atoms with Gasteiger partial charge in [0.1, 0.15) is 11.6 Å². The van der Waals surface area contributed by atoms with Crippen LogP contribution in [0.3, 0.4) is 0 Å². The molecular formula is C20H22N6O3S. The van der Waals surface area contributed by atoms with Crippen molar-refractivity contribution >= 4 is 33.1 Å². The second-order valence-corrected chi connectivity index (χ2v) is 8.89. The van der Waals surface area contributed by atoms with E-state index in [9.17, 15) is 8.42 Å². The molecule has 0 atom stereocenters. The highest BCUT2D eigenvalue weighted by Gasteiger charge is 2.18. The Bertz CT molecular complexity index is 1150. The number of benzene rings is 1. The SMILES string of the molecule is CS(=O)(=O)c1ccccc1Nc1cc(-c2ccc(N)nc2)nc(N2CCOCC2)n1. The number of nitrogen functional groups attached to an aromatic ring is 1. The van der Waals surface area contributed by atoms with Crippen LogP contribution in [0.1, 0.15) is 0 Å². The summed E-state index contributed by atoms with van der Waals surface area (Å²) in [6, 6.07) is 12.0. The fourth-order valence-corrected chi connectivity index (χ4v) is 3.98. The quantitative estimate of drug-likeness (QED) is 0.631. The van der Waals surface area contributed by atoms with Crippen molar-refractivity contribution in [1.82, 2.24) is 15.0 Å². The van der Waals surface area contributed by atoms with Crippen molar-refractivity contribution in [2.45, 2.75) is 4.90 Å². The van der Waals surface area contributed by atoms with E-state index in [1.54, 1.807) is 42.6 Å². The van der Waals surface area contributed by atoms with Gasteiger partial charge in [-0.15, -0.1) is 0 Å². The predicted octanol–water partition coefficient (Wildman–Crippen LogP) is 2.10. The molecule has 9 nitrogen and oxygen atoms in total. The van der Waals surface area contributed by atoms with Gasteiger partial charge in [0.05, 0.1) is 29.5 Å². The summed E-state index contributed by atoms with van der Waals surface area (Å²) in [6.07, 6.45) is 2.83. The van der Waals surface area contributed by atoms with Gasteiger partial charge in [0.15, 0.2) is 9.84 Å². The third-order valence-electron chi connectivity index (χ3n) is 4.64. The van der Waals surface area contributed by atoms with Crippen molar-refractivity contribution in [3.05, 3.63) is 48.7 Å². The van der Waals surface area contributed by atoms with Crippen molar-refractivity contribution in [1.29, 1.82) is 0 Å². The Morgan fingerprint density at radius 1 is 1.10 bits per heavy atom. The molecule has 10 heteroatoms. The molecule has 2 aromatic heterocycles. The summed E-state index contributed by atoms with van der Waals surface area (Å²) in [7, 11) is -3.41. The smallest absolute Gasteiger partial charge is 0.228 e. The van der Waals surface area contributed by atoms with E-state index in [0.29, 0.717) is 55.3 Å². The number of nitrogens with two attached hydrogens (primary N) is 1. The minimum Gasteiger partial charge on any atom is -0.384 e. The third kappa shape index (κ3) is 4.50. The number of ether oxygens (including phenoxy) is 1. The highest BCUT2D eigenvalue weighted by molar-refractivity contribution is 7.90. The fraction of sp³-hybridized carbons (Fsp3) is 0.250. The molecule has 0 spiro atoms. The molecule has 0 bridgehead atoms. The topological polar surface area (TPSA) is 123 Å². The van der Waals surface area contributed by atoms with Gasteiger partial charge in [-0.1, -0.05) is 12.1 Å². The normalized spacial score (nSPS) is 14.5. The number of morpholine rings is 1. The molecular weight excluding hydrogens is 404 g/mol. The first-order valence-corrected chi connectivity index (χ1v) is 11.3. The predicted molar refractivity (Wildman–Crippen MR) is 116 cm³/mol. The van der Waals surface area contributed by atoms with Gasteiger partial charge in [-0.2, -0.15) is 4.98 Å². The fourth-order valence-electron chi connectivity index (χ4n) is 3.14. The minimum atomic E-state index is -3.41. The summed E-state index contributed by atoms with van der Waals surface area (Å²) in [5.74, 6) is 1.43. The minimum absolute atomic E-state index is 0.201. The first-order chi connectivity index (χ1) is 14.4. The Morgan fingerprint density at radius 3 is 2.57 bits per heavy atom. The lowest BCUT2D eigenvalue weighted by atomic mass is 10.2. The summed E-state index contributed by atoms with van der Waals surface area (Å²) in [5, 5.41) is 3.15. The van der Waals surface area contributed by atoms with E-state index in [1.807, 2.05) is 11.0 Å². The lowest BCUT2D eigenvalue weighted by Crippen LogP contribution is -2.37. The first-order valence-electron chi connectivity index (χ1n) is 9.40. The number of pyridine rings is 1. The molecule has 1 aromatic carbocycles. The van der Waals surface area contributed by atoms with Gasteiger partial charge in [-0.05, 0) is 24.3 Å². The van der Waals surface area contributed by atoms with Crippen molar-refractivity contribution < 1.29 is 13.2 Å². The number of hydrogen-bond donors (Lipinski definition) is 2. The summed E-state index contributed by atoms with van der Waals surface area (Å²) in [4.78, 5) is 15.7. The monoisotopic (exact) mass is 426 g/mol. The molecule has 0 saturated carbocycles. The van der Waals surface area contributed by atoms with Crippen LogP contribution in [0.2, 0.25) is 0 Å². The van der Waals surface area contributed by atoms with Gasteiger partial charge in [0.2, 0.25) is 5.95 Å². The summed E-state index contributed by atoms with van der Waals surface area (Å²) >= 11 is 0. The lowest BCUT2D eigenvalue weighted by Gasteiger charge is -2.27. The van der Waals surface area contributed by atoms with Crippen LogP contribution in [-0.4, -0.2) is 55.9 Å². The van der Waals surface area contributed by atoms with Crippen LogP contribution in [0.25, 0.3) is 11.3 Å². The lowest BCUT2D eigenvalue weighted by molar-refractivity contribution is 0.122. The molecule has 1 fully saturated rings. The molecule has 1 aliphatic heterocycles. The number of nitrogens with zero attached hydrogens (tertiary/aromatic N) is 4. The third-order valence-corrected chi connectivity index (χ3v) is 5.79. The molecule has 0 unspecified atom stereocenters. The highest BCUT2D eigenvalue weighted by Crippen LogP contribution is 2.28. The Balaban J connectivity index is 1.77. The molecule has 30 heavy (non-hydrogen) atoms. The average Bonchev–Trinajstić information content (AvgIpc) is 2.74. The van der Waals surface area contributed by atoms with E-state index in [1.165, 1.54) is 6.26 Å². The van der Waals surface area contributed by atoms with E-state index in [0.717, 1.165) is 5.56 Å². The number of rotatable bonds is 5. The molecule has 0 amide bonds. The summed E-state index contributed by atoms with van der Waals surface area (Å²) in [5.41, 5.74) is 7.59. The Kier molecular flexibility index (Phi) is 5.51. The zero-order valence-electron chi connectivity index (χ0n) is 16.4. The summed E-state index contributed by atoms with van der Waals surface area (Å²) < 4.78 is 29.8. The van der Waals surface area contributed by atoms with Crippen LogP contribution in [0.5, 0.6) is 0 Å². The number of nitrogens with one attached hydrogen (secondary N) is 1. The van der Waals surface area contributed by atoms with Crippen LogP contribution in [0.4, 0.5) is 23.3 Å². The molecule has 0 radical (unpaired) electrons. The van der Waals surface area contributed by atoms with E-state index in [2.05, 4.69) is 20.3 Å². The highest BCUT2D eigenvalue weighted by atomic mass is 32.2. The van der Waals surface area contributed by atoms with E-state index in [-0.39, 0.29) is 4.90 Å². The van der Waals surface area contributed by atoms with Gasteiger partial charge in [0.25, 0.3) is 0 Å². The maximum absolute atomic E-state index is 12.2. The molecule has 3 N–H and O–H groups in total. The second-order valence-electron chi connectivity index (χ2n) is 6.90. The van der Waals surface area contributed by atoms with Crippen molar-refractivity contribution in [3.63, 3.8) is 0 Å². The molecule has 1 aliphatic rings. The molecule has 0 aliphatic carbocycles. The number of anilines is 4. The van der Waals surface area contributed by atoms with Crippen molar-refractivity contribution in [2.75, 3.05) is 48.5 Å². The largest absolute Gasteiger partial charge is 0.384 e. The maximum atomic E-state index is 12.2. The molecule has 156 valence electrons. The van der Waals surface area contributed by atoms with Crippen LogP contribution in [-0.2, 0) is 14.6 Å². The average molecular weight is 427 g/mol. The van der Waals surface area contributed by atoms with E-state index in [4.69, 9.17) is 10.5 Å². The number of hydrogen-bond acceptors (Lipinski definition) is 9. The van der Waals surface area contributed by atoms with Crippen LogP contribution in [0, 0.1) is 0 Å². The van der Waals surface area contributed by atoms with Gasteiger partial charge in [-0.25, -0.2) is 18.4 Å². The molecule has 4 rings (SSSR count). The van der Waals surface area contributed by atoms with Crippen LogP contribution in [0.15, 0.2) is 53.6 Å². The Hall–Kier alpha value is -3.24. The zero-order valence-corrected chi connectivity index (χ0v) is 17.3. The van der Waals surface area contributed by atoms with Crippen LogP contribution < -0.4 is 16.0 Å². The van der Waals surface area contributed by atoms with Gasteiger partial charge >= 0.3 is 0 Å². The Labute approximate surface area is 174 Å². The second kappa shape index (κ2) is 8.25. The Morgan fingerprint density at radius 2 is 1.87 bits per heavy atom. The van der Waals surface area contributed by atoms with E-state index < -0.39 is 9.84 Å². The number of sulfone groups is 1. The van der Waals surface area contributed by atoms with Gasteiger partial charge < -0.3 is 20.7 Å². The maximum Gasteiger partial charge on any atom is 0.228 e. The van der Waals surface area contributed by atoms with Crippen molar-refractivity contribution in [3.8, 4) is 11.3 Å². The zero-order chi connectivity index (χ0) is 21.1. The van der Waals surface area contributed by atoms with Crippen LogP contribution >= 0.6 is 0 Å². The molecule has 3 heterocycles. The summed E-state index contributed by atoms with van der Waals surface area (Å²) in [6.45, 7) is 2.53. The van der Waals surface area contributed by atoms with Crippen molar-refractivity contribution in [2.24, 2.45) is 0 Å². The van der Waals surface area contributed by atoms with E-state index >= 15 is 0 Å². The van der Waals surface area contributed by atoms with Gasteiger partial charge in [-0.3, -0.25) is 0 Å². The standard InChI is InChI=1S/C20H22N6O3S/c1-30(27,28)17-5-3-2-4-15(17)23-19-12-16(14-6-7-18(21)22-13-14)24-20(25-19)26-8-10-29-11-9-26/h2-7,12-13H,8-11H2,1H3,(H2,21,22)(H,23,24,25).